The van der Waals surface area contributed by atoms with E-state index in [1.54, 1.807) is 6.07 Å². The molecule has 1 aliphatic rings. The summed E-state index contributed by atoms with van der Waals surface area (Å²) in [6.45, 7) is 3.56. The molecule has 102 valence electrons. The average molecular weight is 274 g/mol. The van der Waals surface area contributed by atoms with Gasteiger partial charge in [-0.1, -0.05) is 12.1 Å². The van der Waals surface area contributed by atoms with Crippen LogP contribution in [0.1, 0.15) is 24.8 Å². The third-order valence-corrected chi connectivity index (χ3v) is 3.29. The third kappa shape index (κ3) is 5.34. The van der Waals surface area contributed by atoms with E-state index >= 15 is 0 Å². The number of rotatable bonds is 5. The van der Waals surface area contributed by atoms with E-state index in [1.807, 2.05) is 6.07 Å². The van der Waals surface area contributed by atoms with Crippen molar-refractivity contribution in [1.29, 1.82) is 0 Å². The first kappa shape index (κ1) is 15.4. The minimum atomic E-state index is -0.190. The van der Waals surface area contributed by atoms with Gasteiger partial charge in [0.25, 0.3) is 0 Å². The molecule has 0 atom stereocenters. The molecule has 1 saturated heterocycles. The summed E-state index contributed by atoms with van der Waals surface area (Å²) in [6.07, 6.45) is 3.63. The van der Waals surface area contributed by atoms with Crippen molar-refractivity contribution in [3.63, 3.8) is 0 Å². The SMILES string of the molecule is Cl.Fc1cccc(COCCC2CCNCC2)c1. The van der Waals surface area contributed by atoms with Crippen molar-refractivity contribution in [1.82, 2.24) is 5.32 Å². The van der Waals surface area contributed by atoms with Gasteiger partial charge in [0.2, 0.25) is 0 Å². The molecule has 0 bridgehead atoms. The number of nitrogens with one attached hydrogen (secondary N) is 1. The van der Waals surface area contributed by atoms with Crippen LogP contribution in [0.5, 0.6) is 0 Å². The second kappa shape index (κ2) is 8.46. The molecule has 0 saturated carbocycles. The van der Waals surface area contributed by atoms with Crippen LogP contribution in [0.25, 0.3) is 0 Å². The van der Waals surface area contributed by atoms with E-state index in [4.69, 9.17) is 4.74 Å². The summed E-state index contributed by atoms with van der Waals surface area (Å²) >= 11 is 0. The Morgan fingerprint density at radius 3 is 2.78 bits per heavy atom. The van der Waals surface area contributed by atoms with Crippen LogP contribution >= 0.6 is 12.4 Å². The van der Waals surface area contributed by atoms with Crippen molar-refractivity contribution in [3.8, 4) is 0 Å². The van der Waals surface area contributed by atoms with Gasteiger partial charge in [-0.3, -0.25) is 0 Å². The standard InChI is InChI=1S/C14H20FNO.ClH/c15-14-3-1-2-13(10-14)11-17-9-6-12-4-7-16-8-5-12;/h1-3,10,12,16H,4-9,11H2;1H. The fourth-order valence-electron chi connectivity index (χ4n) is 2.24. The summed E-state index contributed by atoms with van der Waals surface area (Å²) in [7, 11) is 0. The molecule has 1 fully saturated rings. The highest BCUT2D eigenvalue weighted by molar-refractivity contribution is 5.85. The van der Waals surface area contributed by atoms with Gasteiger partial charge in [0.1, 0.15) is 5.82 Å². The zero-order valence-electron chi connectivity index (χ0n) is 10.5. The van der Waals surface area contributed by atoms with Crippen LogP contribution in [0.4, 0.5) is 4.39 Å². The molecule has 1 aromatic carbocycles. The lowest BCUT2D eigenvalue weighted by molar-refractivity contribution is 0.102. The molecule has 18 heavy (non-hydrogen) atoms. The molecule has 2 nitrogen and oxygen atoms in total. The van der Waals surface area contributed by atoms with E-state index in [1.165, 1.54) is 25.0 Å². The fourth-order valence-corrected chi connectivity index (χ4v) is 2.24. The quantitative estimate of drug-likeness (QED) is 0.832. The van der Waals surface area contributed by atoms with Gasteiger partial charge >= 0.3 is 0 Å². The lowest BCUT2D eigenvalue weighted by atomic mass is 9.95. The van der Waals surface area contributed by atoms with Gasteiger partial charge in [-0.15, -0.1) is 12.4 Å². The number of hydrogen-bond acceptors (Lipinski definition) is 2. The number of hydrogen-bond donors (Lipinski definition) is 1. The van der Waals surface area contributed by atoms with Gasteiger partial charge in [-0.05, 0) is 56.0 Å². The molecule has 0 aliphatic carbocycles. The summed E-state index contributed by atoms with van der Waals surface area (Å²) in [4.78, 5) is 0. The largest absolute Gasteiger partial charge is 0.377 e. The number of benzene rings is 1. The fraction of sp³-hybridized carbons (Fsp3) is 0.571. The monoisotopic (exact) mass is 273 g/mol. The molecule has 1 heterocycles. The molecule has 1 N–H and O–H groups in total. The second-order valence-electron chi connectivity index (χ2n) is 4.66. The molecule has 1 aliphatic heterocycles. The molecule has 4 heteroatoms. The summed E-state index contributed by atoms with van der Waals surface area (Å²) in [5.41, 5.74) is 0.912. The summed E-state index contributed by atoms with van der Waals surface area (Å²) in [6, 6.07) is 6.61. The Kier molecular flexibility index (Phi) is 7.25. The lowest BCUT2D eigenvalue weighted by Crippen LogP contribution is -2.28. The maximum Gasteiger partial charge on any atom is 0.123 e. The van der Waals surface area contributed by atoms with Gasteiger partial charge in [0, 0.05) is 6.61 Å². The van der Waals surface area contributed by atoms with Crippen LogP contribution in [0.2, 0.25) is 0 Å². The summed E-state index contributed by atoms with van der Waals surface area (Å²) < 4.78 is 18.5. The van der Waals surface area contributed by atoms with E-state index in [0.29, 0.717) is 6.61 Å². The number of piperidine rings is 1. The van der Waals surface area contributed by atoms with Gasteiger partial charge in [-0.25, -0.2) is 4.39 Å². The molecule has 0 amide bonds. The highest BCUT2D eigenvalue weighted by Crippen LogP contribution is 2.16. The van der Waals surface area contributed by atoms with Crippen molar-refractivity contribution in [3.05, 3.63) is 35.6 Å². The number of ether oxygens (including phenoxy) is 1. The van der Waals surface area contributed by atoms with Crippen LogP contribution in [0.3, 0.4) is 0 Å². The lowest BCUT2D eigenvalue weighted by Gasteiger charge is -2.22. The molecule has 0 spiro atoms. The molecule has 0 aromatic heterocycles. The average Bonchev–Trinajstić information content (AvgIpc) is 2.36. The minimum Gasteiger partial charge on any atom is -0.377 e. The highest BCUT2D eigenvalue weighted by atomic mass is 35.5. The normalized spacial score (nSPS) is 16.3. The second-order valence-corrected chi connectivity index (χ2v) is 4.66. The zero-order chi connectivity index (χ0) is 11.9. The van der Waals surface area contributed by atoms with Gasteiger partial charge in [0.05, 0.1) is 6.61 Å². The first-order valence-corrected chi connectivity index (χ1v) is 6.37. The smallest absolute Gasteiger partial charge is 0.123 e. The van der Waals surface area contributed by atoms with Crippen LogP contribution in [-0.2, 0) is 11.3 Å². The Bertz CT molecular complexity index is 342. The Hall–Kier alpha value is -0.640. The van der Waals surface area contributed by atoms with E-state index in [9.17, 15) is 4.39 Å². The van der Waals surface area contributed by atoms with Crippen LogP contribution in [-0.4, -0.2) is 19.7 Å². The van der Waals surface area contributed by atoms with E-state index in [2.05, 4.69) is 5.32 Å². The Morgan fingerprint density at radius 1 is 1.28 bits per heavy atom. The topological polar surface area (TPSA) is 21.3 Å². The van der Waals surface area contributed by atoms with Crippen molar-refractivity contribution in [2.45, 2.75) is 25.9 Å². The van der Waals surface area contributed by atoms with Crippen molar-refractivity contribution in [2.24, 2.45) is 5.92 Å². The van der Waals surface area contributed by atoms with E-state index < -0.39 is 0 Å². The van der Waals surface area contributed by atoms with Crippen molar-refractivity contribution < 1.29 is 9.13 Å². The predicted octanol–water partition coefficient (Wildman–Crippen LogP) is 3.15. The van der Waals surface area contributed by atoms with Gasteiger partial charge in [-0.2, -0.15) is 0 Å². The number of halogens is 2. The van der Waals surface area contributed by atoms with Crippen molar-refractivity contribution >= 4 is 12.4 Å². The van der Waals surface area contributed by atoms with Gasteiger partial charge in [0.15, 0.2) is 0 Å². The maximum absolute atomic E-state index is 12.9. The highest BCUT2D eigenvalue weighted by Gasteiger charge is 2.12. The summed E-state index contributed by atoms with van der Waals surface area (Å²) in [5, 5.41) is 3.35. The first-order valence-electron chi connectivity index (χ1n) is 6.37. The van der Waals surface area contributed by atoms with Crippen LogP contribution in [0.15, 0.2) is 24.3 Å². The Balaban J connectivity index is 0.00000162. The maximum atomic E-state index is 12.9. The molecule has 2 rings (SSSR count). The first-order chi connectivity index (χ1) is 8.34. The van der Waals surface area contributed by atoms with Crippen LogP contribution < -0.4 is 5.32 Å². The van der Waals surface area contributed by atoms with Crippen molar-refractivity contribution in [2.75, 3.05) is 19.7 Å². The predicted molar refractivity (Wildman–Crippen MR) is 73.5 cm³/mol. The zero-order valence-corrected chi connectivity index (χ0v) is 11.3. The van der Waals surface area contributed by atoms with Gasteiger partial charge < -0.3 is 10.1 Å². The molecular formula is C14H21ClFNO. The minimum absolute atomic E-state index is 0. The Morgan fingerprint density at radius 2 is 2.06 bits per heavy atom. The molecule has 0 radical (unpaired) electrons. The molecule has 1 aromatic rings. The van der Waals surface area contributed by atoms with E-state index in [0.717, 1.165) is 37.6 Å². The Labute approximate surface area is 114 Å². The van der Waals surface area contributed by atoms with Crippen LogP contribution in [0, 0.1) is 11.7 Å². The molecular weight excluding hydrogens is 253 g/mol. The molecule has 0 unspecified atom stereocenters. The van der Waals surface area contributed by atoms with E-state index in [-0.39, 0.29) is 18.2 Å². The third-order valence-electron chi connectivity index (χ3n) is 3.29. The summed E-state index contributed by atoms with van der Waals surface area (Å²) in [5.74, 6) is 0.605.